The fraction of sp³-hybridized carbons (Fsp3) is 0.417. The van der Waals surface area contributed by atoms with Gasteiger partial charge in [0, 0.05) is 6.54 Å². The van der Waals surface area contributed by atoms with Crippen LogP contribution in [0, 0.1) is 0 Å². The maximum absolute atomic E-state index is 13.0. The summed E-state index contributed by atoms with van der Waals surface area (Å²) in [5.41, 5.74) is 1.11. The minimum Gasteiger partial charge on any atom is -0.465 e. The standard InChI is InChI=1S/C24H27F3N2O3/c1-16(18-9-11-19(12-10-18)23(31)32-2)28-22(30)21-8-3-4-13-29(21)15-17-6-5-7-20(14-17)24(25,26)27/h5-7,9-12,14,16,21H,3-4,8,13,15H2,1-2H3,(H,28,30). The first kappa shape index (κ1) is 23.8. The van der Waals surface area contributed by atoms with Crippen LogP contribution >= 0.6 is 0 Å². The average molecular weight is 448 g/mol. The molecule has 172 valence electrons. The van der Waals surface area contributed by atoms with E-state index >= 15 is 0 Å². The number of esters is 1. The van der Waals surface area contributed by atoms with Crippen molar-refractivity contribution in [3.05, 3.63) is 70.8 Å². The van der Waals surface area contributed by atoms with Crippen molar-refractivity contribution in [2.45, 2.75) is 51.0 Å². The van der Waals surface area contributed by atoms with E-state index in [9.17, 15) is 22.8 Å². The molecule has 1 aliphatic rings. The summed E-state index contributed by atoms with van der Waals surface area (Å²) in [5.74, 6) is -0.582. The summed E-state index contributed by atoms with van der Waals surface area (Å²) < 4.78 is 43.8. The summed E-state index contributed by atoms with van der Waals surface area (Å²) in [6.07, 6.45) is -1.96. The highest BCUT2D eigenvalue weighted by Gasteiger charge is 2.32. The summed E-state index contributed by atoms with van der Waals surface area (Å²) in [6, 6.07) is 11.4. The van der Waals surface area contributed by atoms with E-state index in [1.165, 1.54) is 13.2 Å². The van der Waals surface area contributed by atoms with Gasteiger partial charge in [0.25, 0.3) is 0 Å². The fourth-order valence-electron chi connectivity index (χ4n) is 3.98. The Hall–Kier alpha value is -2.87. The lowest BCUT2D eigenvalue weighted by molar-refractivity contribution is -0.137. The zero-order valence-electron chi connectivity index (χ0n) is 18.1. The second kappa shape index (κ2) is 10.2. The maximum Gasteiger partial charge on any atom is 0.416 e. The van der Waals surface area contributed by atoms with Gasteiger partial charge in [0.05, 0.1) is 30.3 Å². The van der Waals surface area contributed by atoms with E-state index in [1.54, 1.807) is 30.3 Å². The van der Waals surface area contributed by atoms with Crippen LogP contribution in [0.4, 0.5) is 13.2 Å². The van der Waals surface area contributed by atoms with E-state index < -0.39 is 23.8 Å². The van der Waals surface area contributed by atoms with Gasteiger partial charge in [-0.05, 0) is 55.6 Å². The Kier molecular flexibility index (Phi) is 7.56. The zero-order chi connectivity index (χ0) is 23.3. The molecule has 0 radical (unpaired) electrons. The van der Waals surface area contributed by atoms with E-state index in [0.717, 1.165) is 30.5 Å². The molecule has 1 aliphatic heterocycles. The number of alkyl halides is 3. The molecule has 8 heteroatoms. The van der Waals surface area contributed by atoms with Gasteiger partial charge in [0.15, 0.2) is 0 Å². The minimum absolute atomic E-state index is 0.152. The summed E-state index contributed by atoms with van der Waals surface area (Å²) in [4.78, 5) is 26.6. The van der Waals surface area contributed by atoms with E-state index in [-0.39, 0.29) is 18.5 Å². The highest BCUT2D eigenvalue weighted by molar-refractivity contribution is 5.89. The Bertz CT molecular complexity index is 944. The quantitative estimate of drug-likeness (QED) is 0.650. The third-order valence-corrected chi connectivity index (χ3v) is 5.75. The molecule has 2 unspecified atom stereocenters. The lowest BCUT2D eigenvalue weighted by Gasteiger charge is -2.35. The zero-order valence-corrected chi connectivity index (χ0v) is 18.1. The SMILES string of the molecule is COC(=O)c1ccc(C(C)NC(=O)C2CCCCN2Cc2cccc(C(F)(F)F)c2)cc1. The number of rotatable bonds is 6. The van der Waals surface area contributed by atoms with Gasteiger partial charge in [-0.1, -0.05) is 36.8 Å². The molecule has 0 bridgehead atoms. The van der Waals surface area contributed by atoms with Crippen molar-refractivity contribution < 1.29 is 27.5 Å². The monoisotopic (exact) mass is 448 g/mol. The molecular formula is C24H27F3N2O3. The highest BCUT2D eigenvalue weighted by Crippen LogP contribution is 2.30. The lowest BCUT2D eigenvalue weighted by Crippen LogP contribution is -2.49. The lowest BCUT2D eigenvalue weighted by atomic mass is 9.99. The molecule has 0 aromatic heterocycles. The van der Waals surface area contributed by atoms with E-state index in [2.05, 4.69) is 5.32 Å². The number of amides is 1. The van der Waals surface area contributed by atoms with Crippen molar-refractivity contribution in [2.75, 3.05) is 13.7 Å². The van der Waals surface area contributed by atoms with Gasteiger partial charge in [0.1, 0.15) is 0 Å². The molecule has 2 aromatic rings. The van der Waals surface area contributed by atoms with Crippen LogP contribution in [0.5, 0.6) is 0 Å². The number of likely N-dealkylation sites (tertiary alicyclic amines) is 1. The number of piperidine rings is 1. The predicted molar refractivity (Wildman–Crippen MR) is 114 cm³/mol. The molecule has 1 saturated heterocycles. The first-order chi connectivity index (χ1) is 15.2. The van der Waals surface area contributed by atoms with Crippen LogP contribution in [0.3, 0.4) is 0 Å². The Morgan fingerprint density at radius 3 is 2.53 bits per heavy atom. The Balaban J connectivity index is 1.67. The normalized spacial score (nSPS) is 18.1. The molecule has 2 aromatic carbocycles. The second-order valence-electron chi connectivity index (χ2n) is 8.02. The first-order valence-electron chi connectivity index (χ1n) is 10.6. The number of hydrogen-bond acceptors (Lipinski definition) is 4. The number of carbonyl (C=O) groups excluding carboxylic acids is 2. The maximum atomic E-state index is 13.0. The molecule has 0 saturated carbocycles. The molecule has 1 amide bonds. The molecule has 1 fully saturated rings. The molecule has 0 spiro atoms. The van der Waals surface area contributed by atoms with Crippen molar-refractivity contribution in [3.8, 4) is 0 Å². The van der Waals surface area contributed by atoms with Gasteiger partial charge in [-0.3, -0.25) is 9.69 Å². The number of hydrogen-bond donors (Lipinski definition) is 1. The third-order valence-electron chi connectivity index (χ3n) is 5.75. The van der Waals surface area contributed by atoms with Crippen molar-refractivity contribution in [1.29, 1.82) is 0 Å². The van der Waals surface area contributed by atoms with Gasteiger partial charge in [-0.25, -0.2) is 4.79 Å². The largest absolute Gasteiger partial charge is 0.465 e. The third kappa shape index (κ3) is 5.88. The van der Waals surface area contributed by atoms with Crippen molar-refractivity contribution in [1.82, 2.24) is 10.2 Å². The number of benzene rings is 2. The van der Waals surface area contributed by atoms with E-state index in [4.69, 9.17) is 4.74 Å². The van der Waals surface area contributed by atoms with Crippen LogP contribution < -0.4 is 5.32 Å². The van der Waals surface area contributed by atoms with Gasteiger partial charge in [0.2, 0.25) is 5.91 Å². The molecule has 3 rings (SSSR count). The van der Waals surface area contributed by atoms with E-state index in [1.807, 2.05) is 11.8 Å². The second-order valence-corrected chi connectivity index (χ2v) is 8.02. The molecule has 0 aliphatic carbocycles. The Morgan fingerprint density at radius 1 is 1.16 bits per heavy atom. The van der Waals surface area contributed by atoms with Gasteiger partial charge in [-0.15, -0.1) is 0 Å². The number of methoxy groups -OCH3 is 1. The van der Waals surface area contributed by atoms with Crippen LogP contribution in [0.15, 0.2) is 48.5 Å². The number of nitrogens with zero attached hydrogens (tertiary/aromatic N) is 1. The number of carbonyl (C=O) groups is 2. The van der Waals surface area contributed by atoms with Crippen LogP contribution in [0.2, 0.25) is 0 Å². The summed E-state index contributed by atoms with van der Waals surface area (Å²) >= 11 is 0. The van der Waals surface area contributed by atoms with Crippen molar-refractivity contribution in [3.63, 3.8) is 0 Å². The topological polar surface area (TPSA) is 58.6 Å². The Morgan fingerprint density at radius 2 is 1.88 bits per heavy atom. The number of halogens is 3. The summed E-state index contributed by atoms with van der Waals surface area (Å²) in [6.45, 7) is 2.78. The summed E-state index contributed by atoms with van der Waals surface area (Å²) in [5, 5.41) is 3.00. The minimum atomic E-state index is -4.40. The number of nitrogens with one attached hydrogen (secondary N) is 1. The predicted octanol–water partition coefficient (Wildman–Crippen LogP) is 4.72. The molecular weight excluding hydrogens is 421 g/mol. The first-order valence-corrected chi connectivity index (χ1v) is 10.6. The smallest absolute Gasteiger partial charge is 0.416 e. The number of ether oxygens (including phenoxy) is 1. The van der Waals surface area contributed by atoms with Crippen molar-refractivity contribution >= 4 is 11.9 Å². The van der Waals surface area contributed by atoms with Gasteiger partial charge >= 0.3 is 12.1 Å². The van der Waals surface area contributed by atoms with Crippen LogP contribution in [0.1, 0.15) is 59.3 Å². The van der Waals surface area contributed by atoms with Crippen molar-refractivity contribution in [2.24, 2.45) is 0 Å². The van der Waals surface area contributed by atoms with Crippen LogP contribution in [-0.4, -0.2) is 36.5 Å². The molecule has 2 atom stereocenters. The Labute approximate surface area is 185 Å². The summed E-state index contributed by atoms with van der Waals surface area (Å²) in [7, 11) is 1.31. The molecule has 1 heterocycles. The molecule has 32 heavy (non-hydrogen) atoms. The van der Waals surface area contributed by atoms with Gasteiger partial charge in [-0.2, -0.15) is 13.2 Å². The highest BCUT2D eigenvalue weighted by atomic mass is 19.4. The molecule has 1 N–H and O–H groups in total. The van der Waals surface area contributed by atoms with Gasteiger partial charge < -0.3 is 10.1 Å². The van der Waals surface area contributed by atoms with Crippen LogP contribution in [-0.2, 0) is 22.3 Å². The van der Waals surface area contributed by atoms with Crippen LogP contribution in [0.25, 0.3) is 0 Å². The fourth-order valence-corrected chi connectivity index (χ4v) is 3.98. The average Bonchev–Trinajstić information content (AvgIpc) is 2.78. The molecule has 5 nitrogen and oxygen atoms in total. The van der Waals surface area contributed by atoms with E-state index in [0.29, 0.717) is 24.1 Å².